The van der Waals surface area contributed by atoms with Crippen LogP contribution in [0.25, 0.3) is 0 Å². The third-order valence-electron chi connectivity index (χ3n) is 2.48. The van der Waals surface area contributed by atoms with Crippen molar-refractivity contribution in [3.63, 3.8) is 0 Å². The molecular formula is C8H17NO3S. The van der Waals surface area contributed by atoms with Crippen molar-refractivity contribution in [3.8, 4) is 0 Å². The number of hydrogen-bond donors (Lipinski definition) is 1. The molecule has 1 aliphatic heterocycles. The summed E-state index contributed by atoms with van der Waals surface area (Å²) in [6, 6.07) is 0. The molecule has 1 fully saturated rings. The van der Waals surface area contributed by atoms with Gasteiger partial charge >= 0.3 is 0 Å². The third kappa shape index (κ3) is 1.87. The lowest BCUT2D eigenvalue weighted by Gasteiger charge is -2.27. The summed E-state index contributed by atoms with van der Waals surface area (Å²) in [5, 5.41) is 8.98. The van der Waals surface area contributed by atoms with Crippen LogP contribution < -0.4 is 0 Å². The summed E-state index contributed by atoms with van der Waals surface area (Å²) in [6.45, 7) is 3.99. The molecule has 0 saturated carbocycles. The average Bonchev–Trinajstić information content (AvgIpc) is 2.56. The second kappa shape index (κ2) is 3.55. The van der Waals surface area contributed by atoms with Crippen LogP contribution in [-0.4, -0.2) is 42.3 Å². The van der Waals surface area contributed by atoms with Crippen molar-refractivity contribution in [2.24, 2.45) is 0 Å². The minimum absolute atomic E-state index is 0.328. The summed E-state index contributed by atoms with van der Waals surface area (Å²) < 4.78 is 24.1. The zero-order chi connectivity index (χ0) is 10.1. The van der Waals surface area contributed by atoms with Gasteiger partial charge in [-0.25, -0.2) is 12.7 Å². The molecule has 1 heterocycles. The van der Waals surface area contributed by atoms with Gasteiger partial charge in [0.1, 0.15) is 4.75 Å². The number of hydrogen-bond acceptors (Lipinski definition) is 3. The van der Waals surface area contributed by atoms with Crippen molar-refractivity contribution in [3.05, 3.63) is 0 Å². The lowest BCUT2D eigenvalue weighted by Crippen LogP contribution is -2.45. The molecule has 4 nitrogen and oxygen atoms in total. The van der Waals surface area contributed by atoms with Crippen LogP contribution in [0.15, 0.2) is 0 Å². The molecule has 1 saturated heterocycles. The summed E-state index contributed by atoms with van der Waals surface area (Å²) in [5.41, 5.74) is 0. The molecule has 0 amide bonds. The minimum Gasteiger partial charge on any atom is -0.395 e. The molecule has 0 aromatic heterocycles. The first kappa shape index (κ1) is 10.9. The molecule has 0 radical (unpaired) electrons. The molecule has 0 aliphatic carbocycles. The SMILES string of the molecule is CC(C)(CO)S(=O)(=O)N1CCCC1. The average molecular weight is 207 g/mol. The van der Waals surface area contributed by atoms with Crippen molar-refractivity contribution in [1.82, 2.24) is 4.31 Å². The molecule has 78 valence electrons. The van der Waals surface area contributed by atoms with Gasteiger partial charge in [-0.1, -0.05) is 0 Å². The van der Waals surface area contributed by atoms with E-state index in [1.807, 2.05) is 0 Å². The lowest BCUT2D eigenvalue weighted by atomic mass is 10.2. The highest BCUT2D eigenvalue weighted by molar-refractivity contribution is 7.90. The van der Waals surface area contributed by atoms with Gasteiger partial charge in [0.25, 0.3) is 0 Å². The van der Waals surface area contributed by atoms with Gasteiger partial charge < -0.3 is 5.11 Å². The topological polar surface area (TPSA) is 57.6 Å². The van der Waals surface area contributed by atoms with E-state index in [1.54, 1.807) is 13.8 Å². The van der Waals surface area contributed by atoms with Crippen molar-refractivity contribution in [1.29, 1.82) is 0 Å². The van der Waals surface area contributed by atoms with Crippen molar-refractivity contribution >= 4 is 10.0 Å². The number of sulfonamides is 1. The largest absolute Gasteiger partial charge is 0.395 e. The molecule has 1 rings (SSSR count). The van der Waals surface area contributed by atoms with Crippen LogP contribution in [0.4, 0.5) is 0 Å². The van der Waals surface area contributed by atoms with Gasteiger partial charge in [0.2, 0.25) is 10.0 Å². The van der Waals surface area contributed by atoms with Crippen LogP contribution in [0.5, 0.6) is 0 Å². The second-order valence-corrected chi connectivity index (χ2v) is 6.60. The van der Waals surface area contributed by atoms with Crippen LogP contribution in [0, 0.1) is 0 Å². The summed E-state index contributed by atoms with van der Waals surface area (Å²) >= 11 is 0. The molecule has 5 heteroatoms. The maximum absolute atomic E-state index is 11.9. The van der Waals surface area contributed by atoms with E-state index in [0.29, 0.717) is 13.1 Å². The zero-order valence-electron chi connectivity index (χ0n) is 8.15. The highest BCUT2D eigenvalue weighted by Gasteiger charge is 2.39. The number of aliphatic hydroxyl groups is 1. The molecule has 0 aromatic rings. The highest BCUT2D eigenvalue weighted by Crippen LogP contribution is 2.23. The Morgan fingerprint density at radius 1 is 1.31 bits per heavy atom. The fraction of sp³-hybridized carbons (Fsp3) is 1.00. The van der Waals surface area contributed by atoms with Gasteiger partial charge in [-0.05, 0) is 26.7 Å². The first-order valence-electron chi connectivity index (χ1n) is 4.52. The first-order valence-corrected chi connectivity index (χ1v) is 5.96. The molecule has 13 heavy (non-hydrogen) atoms. The predicted octanol–water partition coefficient (Wildman–Crippen LogP) is 0.183. The van der Waals surface area contributed by atoms with E-state index in [-0.39, 0.29) is 6.61 Å². The smallest absolute Gasteiger partial charge is 0.221 e. The fourth-order valence-corrected chi connectivity index (χ4v) is 2.96. The Kier molecular flexibility index (Phi) is 2.99. The highest BCUT2D eigenvalue weighted by atomic mass is 32.2. The molecule has 0 unspecified atom stereocenters. The molecule has 0 bridgehead atoms. The molecule has 0 atom stereocenters. The molecular weight excluding hydrogens is 190 g/mol. The number of rotatable bonds is 3. The van der Waals surface area contributed by atoms with E-state index >= 15 is 0 Å². The Hall–Kier alpha value is -0.130. The van der Waals surface area contributed by atoms with Gasteiger partial charge in [0.15, 0.2) is 0 Å². The molecule has 1 aliphatic rings. The van der Waals surface area contributed by atoms with E-state index in [4.69, 9.17) is 5.11 Å². The maximum Gasteiger partial charge on any atom is 0.221 e. The second-order valence-electron chi connectivity index (χ2n) is 4.03. The quantitative estimate of drug-likeness (QED) is 0.718. The van der Waals surface area contributed by atoms with Crippen LogP contribution in [0.3, 0.4) is 0 Å². The minimum atomic E-state index is -3.30. The first-order chi connectivity index (χ1) is 5.92. The molecule has 0 aromatic carbocycles. The predicted molar refractivity (Wildman–Crippen MR) is 50.9 cm³/mol. The Bertz CT molecular complexity index is 265. The van der Waals surface area contributed by atoms with E-state index in [1.165, 1.54) is 4.31 Å². The van der Waals surface area contributed by atoms with Crippen LogP contribution in [-0.2, 0) is 10.0 Å². The van der Waals surface area contributed by atoms with Crippen molar-refractivity contribution in [2.75, 3.05) is 19.7 Å². The Morgan fingerprint density at radius 3 is 2.15 bits per heavy atom. The van der Waals surface area contributed by atoms with Gasteiger partial charge in [-0.2, -0.15) is 0 Å². The van der Waals surface area contributed by atoms with Crippen molar-refractivity contribution < 1.29 is 13.5 Å². The Balaban J connectivity index is 2.87. The van der Waals surface area contributed by atoms with E-state index in [9.17, 15) is 8.42 Å². The fourth-order valence-electron chi connectivity index (χ4n) is 1.36. The van der Waals surface area contributed by atoms with Crippen LogP contribution in [0.2, 0.25) is 0 Å². The van der Waals surface area contributed by atoms with E-state index in [2.05, 4.69) is 0 Å². The third-order valence-corrected chi connectivity index (χ3v) is 5.05. The maximum atomic E-state index is 11.9. The summed E-state index contributed by atoms with van der Waals surface area (Å²) in [5.74, 6) is 0. The normalized spacial score (nSPS) is 20.8. The zero-order valence-corrected chi connectivity index (χ0v) is 8.97. The molecule has 1 N–H and O–H groups in total. The van der Waals surface area contributed by atoms with Gasteiger partial charge in [-0.3, -0.25) is 0 Å². The number of aliphatic hydroxyl groups excluding tert-OH is 1. The number of nitrogens with zero attached hydrogens (tertiary/aromatic N) is 1. The Morgan fingerprint density at radius 2 is 1.77 bits per heavy atom. The Labute approximate surface area is 79.6 Å². The summed E-state index contributed by atoms with van der Waals surface area (Å²) in [4.78, 5) is 0. The van der Waals surface area contributed by atoms with Gasteiger partial charge in [-0.15, -0.1) is 0 Å². The van der Waals surface area contributed by atoms with Gasteiger partial charge in [0.05, 0.1) is 6.61 Å². The monoisotopic (exact) mass is 207 g/mol. The standard InChI is InChI=1S/C8H17NO3S/c1-8(2,7-10)13(11,12)9-5-3-4-6-9/h10H,3-7H2,1-2H3. The summed E-state index contributed by atoms with van der Waals surface area (Å²) in [6.07, 6.45) is 1.86. The van der Waals surface area contributed by atoms with Crippen LogP contribution >= 0.6 is 0 Å². The van der Waals surface area contributed by atoms with Crippen LogP contribution in [0.1, 0.15) is 26.7 Å². The summed E-state index contributed by atoms with van der Waals surface area (Å²) in [7, 11) is -3.30. The van der Waals surface area contributed by atoms with Crippen molar-refractivity contribution in [2.45, 2.75) is 31.4 Å². The van der Waals surface area contributed by atoms with E-state index in [0.717, 1.165) is 12.8 Å². The molecule has 0 spiro atoms. The lowest BCUT2D eigenvalue weighted by molar-refractivity contribution is 0.252. The van der Waals surface area contributed by atoms with Gasteiger partial charge in [0, 0.05) is 13.1 Å². The van der Waals surface area contributed by atoms with E-state index < -0.39 is 14.8 Å².